The van der Waals surface area contributed by atoms with E-state index >= 15 is 0 Å². The largest absolute Gasteiger partial charge is 0.494 e. The molecule has 0 aliphatic carbocycles. The van der Waals surface area contributed by atoms with Gasteiger partial charge < -0.3 is 10.5 Å². The zero-order valence-electron chi connectivity index (χ0n) is 12.1. The lowest BCUT2D eigenvalue weighted by Gasteiger charge is -2.07. The van der Waals surface area contributed by atoms with Gasteiger partial charge in [0.15, 0.2) is 11.6 Å². The van der Waals surface area contributed by atoms with Crippen molar-refractivity contribution in [2.45, 2.75) is 13.3 Å². The molecule has 0 amide bonds. The minimum absolute atomic E-state index is 0.158. The van der Waals surface area contributed by atoms with Crippen molar-refractivity contribution in [3.8, 4) is 11.4 Å². The second-order valence-electron chi connectivity index (χ2n) is 4.77. The maximum Gasteiger partial charge on any atom is 0.206 e. The molecule has 3 aromatic rings. The predicted molar refractivity (Wildman–Crippen MR) is 78.1 cm³/mol. The summed E-state index contributed by atoms with van der Waals surface area (Å²) in [6, 6.07) is 2.92. The molecule has 0 aliphatic rings. The first kappa shape index (κ1) is 13.4. The SMILES string of the molecule is CCc1nn(C)cc1-n1c(N)nc2cc(F)c(OC)cc21. The smallest absolute Gasteiger partial charge is 0.206 e. The number of nitrogen functional groups attached to an aromatic ring is 1. The highest BCUT2D eigenvalue weighted by Crippen LogP contribution is 2.29. The van der Waals surface area contributed by atoms with Crippen LogP contribution in [0.5, 0.6) is 5.75 Å². The summed E-state index contributed by atoms with van der Waals surface area (Å²) in [7, 11) is 3.27. The van der Waals surface area contributed by atoms with Crippen LogP contribution in [0.15, 0.2) is 18.3 Å². The first-order valence-corrected chi connectivity index (χ1v) is 6.59. The van der Waals surface area contributed by atoms with Gasteiger partial charge >= 0.3 is 0 Å². The van der Waals surface area contributed by atoms with E-state index in [2.05, 4.69) is 10.1 Å². The van der Waals surface area contributed by atoms with Crippen LogP contribution in [0, 0.1) is 5.82 Å². The number of halogens is 1. The van der Waals surface area contributed by atoms with Crippen LogP contribution in [0.1, 0.15) is 12.6 Å². The lowest BCUT2D eigenvalue weighted by atomic mass is 10.2. The summed E-state index contributed by atoms with van der Waals surface area (Å²) in [5, 5.41) is 4.40. The van der Waals surface area contributed by atoms with Crippen molar-refractivity contribution in [1.29, 1.82) is 0 Å². The maximum atomic E-state index is 13.8. The average Bonchev–Trinajstić information content (AvgIpc) is 2.96. The highest BCUT2D eigenvalue weighted by Gasteiger charge is 2.17. The monoisotopic (exact) mass is 289 g/mol. The lowest BCUT2D eigenvalue weighted by Crippen LogP contribution is -2.02. The van der Waals surface area contributed by atoms with Gasteiger partial charge in [0.2, 0.25) is 5.95 Å². The van der Waals surface area contributed by atoms with E-state index in [0.29, 0.717) is 17.0 Å². The third-order valence-electron chi connectivity index (χ3n) is 3.41. The summed E-state index contributed by atoms with van der Waals surface area (Å²) < 4.78 is 22.3. The number of nitrogens with two attached hydrogens (primary N) is 1. The lowest BCUT2D eigenvalue weighted by molar-refractivity contribution is 0.387. The summed E-state index contributed by atoms with van der Waals surface area (Å²) in [6.07, 6.45) is 2.62. The van der Waals surface area contributed by atoms with Crippen molar-refractivity contribution in [2.24, 2.45) is 7.05 Å². The summed E-state index contributed by atoms with van der Waals surface area (Å²) >= 11 is 0. The number of hydrogen-bond acceptors (Lipinski definition) is 4. The number of nitrogens with zero attached hydrogens (tertiary/aromatic N) is 4. The second-order valence-corrected chi connectivity index (χ2v) is 4.77. The molecule has 0 radical (unpaired) electrons. The van der Waals surface area contributed by atoms with E-state index in [1.54, 1.807) is 15.3 Å². The number of anilines is 1. The van der Waals surface area contributed by atoms with Gasteiger partial charge in [-0.25, -0.2) is 9.37 Å². The Bertz CT molecular complexity index is 820. The Morgan fingerprint density at radius 2 is 2.14 bits per heavy atom. The van der Waals surface area contributed by atoms with Crippen molar-refractivity contribution in [1.82, 2.24) is 19.3 Å². The van der Waals surface area contributed by atoms with Crippen LogP contribution in [-0.4, -0.2) is 26.4 Å². The van der Waals surface area contributed by atoms with E-state index in [9.17, 15) is 4.39 Å². The molecule has 2 aromatic heterocycles. The van der Waals surface area contributed by atoms with Crippen molar-refractivity contribution >= 4 is 17.0 Å². The van der Waals surface area contributed by atoms with Crippen molar-refractivity contribution in [2.75, 3.05) is 12.8 Å². The number of hydrogen-bond donors (Lipinski definition) is 1. The molecule has 7 heteroatoms. The molecule has 0 spiro atoms. The van der Waals surface area contributed by atoms with Crippen LogP contribution in [0.3, 0.4) is 0 Å². The van der Waals surface area contributed by atoms with Crippen molar-refractivity contribution in [3.05, 3.63) is 29.8 Å². The van der Waals surface area contributed by atoms with Crippen LogP contribution in [0.25, 0.3) is 16.7 Å². The van der Waals surface area contributed by atoms with Crippen LogP contribution in [-0.2, 0) is 13.5 Å². The second kappa shape index (κ2) is 4.76. The molecule has 1 aromatic carbocycles. The Morgan fingerprint density at radius 3 is 2.81 bits per heavy atom. The molecular formula is C14H16FN5O. The highest BCUT2D eigenvalue weighted by atomic mass is 19.1. The Balaban J connectivity index is 2.33. The van der Waals surface area contributed by atoms with Gasteiger partial charge in [0, 0.05) is 25.4 Å². The highest BCUT2D eigenvalue weighted by molar-refractivity contribution is 5.82. The molecule has 2 N–H and O–H groups in total. The molecule has 2 heterocycles. The van der Waals surface area contributed by atoms with Gasteiger partial charge in [-0.15, -0.1) is 0 Å². The first-order chi connectivity index (χ1) is 10.0. The van der Waals surface area contributed by atoms with E-state index in [1.165, 1.54) is 13.2 Å². The minimum atomic E-state index is -0.462. The molecule has 0 unspecified atom stereocenters. The Hall–Kier alpha value is -2.57. The Labute approximate surface area is 120 Å². The Kier molecular flexibility index (Phi) is 3.04. The van der Waals surface area contributed by atoms with E-state index in [-0.39, 0.29) is 5.75 Å². The van der Waals surface area contributed by atoms with Crippen LogP contribution in [0.2, 0.25) is 0 Å². The van der Waals surface area contributed by atoms with E-state index in [1.807, 2.05) is 20.2 Å². The number of imidazole rings is 1. The number of rotatable bonds is 3. The van der Waals surface area contributed by atoms with Gasteiger partial charge in [-0.05, 0) is 6.42 Å². The first-order valence-electron chi connectivity index (χ1n) is 6.59. The molecule has 6 nitrogen and oxygen atoms in total. The molecule has 0 saturated heterocycles. The summed E-state index contributed by atoms with van der Waals surface area (Å²) in [5.41, 5.74) is 8.92. The quantitative estimate of drug-likeness (QED) is 0.801. The molecule has 110 valence electrons. The predicted octanol–water partition coefficient (Wildman–Crippen LogP) is 2.05. The van der Waals surface area contributed by atoms with Gasteiger partial charge in [0.1, 0.15) is 0 Å². The number of ether oxygens (including phenoxy) is 1. The average molecular weight is 289 g/mol. The summed E-state index contributed by atoms with van der Waals surface area (Å²) in [6.45, 7) is 2.02. The zero-order valence-corrected chi connectivity index (χ0v) is 12.1. The summed E-state index contributed by atoms with van der Waals surface area (Å²) in [4.78, 5) is 4.22. The molecule has 0 fully saturated rings. The number of aromatic nitrogens is 4. The van der Waals surface area contributed by atoms with Crippen LogP contribution < -0.4 is 10.5 Å². The third kappa shape index (κ3) is 2.01. The van der Waals surface area contributed by atoms with Gasteiger partial charge in [0.05, 0.1) is 29.5 Å². The topological polar surface area (TPSA) is 70.9 Å². The standard InChI is InChI=1S/C14H16FN5O/c1-4-9-12(7-19(2)18-9)20-11-6-13(21-3)8(15)5-10(11)17-14(20)16/h5-7H,4H2,1-3H3,(H2,16,17). The van der Waals surface area contributed by atoms with Crippen LogP contribution >= 0.6 is 0 Å². The van der Waals surface area contributed by atoms with Crippen molar-refractivity contribution < 1.29 is 9.13 Å². The van der Waals surface area contributed by atoms with Gasteiger partial charge in [-0.1, -0.05) is 6.92 Å². The summed E-state index contributed by atoms with van der Waals surface area (Å²) in [5.74, 6) is -0.0116. The minimum Gasteiger partial charge on any atom is -0.494 e. The molecular weight excluding hydrogens is 273 g/mol. The normalized spacial score (nSPS) is 11.2. The Morgan fingerprint density at radius 1 is 1.38 bits per heavy atom. The fourth-order valence-corrected chi connectivity index (χ4v) is 2.47. The van der Waals surface area contributed by atoms with E-state index in [4.69, 9.17) is 10.5 Å². The molecule has 0 atom stereocenters. The molecule has 21 heavy (non-hydrogen) atoms. The fraction of sp³-hybridized carbons (Fsp3) is 0.286. The maximum absolute atomic E-state index is 13.8. The number of aryl methyl sites for hydroxylation is 2. The molecule has 3 rings (SSSR count). The molecule has 0 saturated carbocycles. The van der Waals surface area contributed by atoms with Crippen LogP contribution in [0.4, 0.5) is 10.3 Å². The van der Waals surface area contributed by atoms with Crippen molar-refractivity contribution in [3.63, 3.8) is 0 Å². The number of fused-ring (bicyclic) bond motifs is 1. The van der Waals surface area contributed by atoms with Gasteiger partial charge in [-0.2, -0.15) is 5.10 Å². The van der Waals surface area contributed by atoms with Gasteiger partial charge in [0.25, 0.3) is 0 Å². The van der Waals surface area contributed by atoms with E-state index in [0.717, 1.165) is 17.8 Å². The van der Waals surface area contributed by atoms with E-state index < -0.39 is 5.82 Å². The number of benzene rings is 1. The zero-order chi connectivity index (χ0) is 15.1. The number of methoxy groups -OCH3 is 1. The molecule has 0 bridgehead atoms. The third-order valence-corrected chi connectivity index (χ3v) is 3.41. The fourth-order valence-electron chi connectivity index (χ4n) is 2.47. The van der Waals surface area contributed by atoms with Gasteiger partial charge in [-0.3, -0.25) is 9.25 Å². The molecule has 0 aliphatic heterocycles.